The second-order valence-corrected chi connectivity index (χ2v) is 3.63. The van der Waals surface area contributed by atoms with E-state index in [1.807, 2.05) is 12.3 Å². The zero-order valence-corrected chi connectivity index (χ0v) is 8.01. The van der Waals surface area contributed by atoms with Crippen LogP contribution in [0.15, 0.2) is 24.0 Å². The minimum Gasteiger partial charge on any atom is -0.397 e. The molecule has 3 nitrogen and oxygen atoms in total. The van der Waals surface area contributed by atoms with E-state index >= 15 is 0 Å². The van der Waals surface area contributed by atoms with Crippen molar-refractivity contribution in [2.24, 2.45) is 0 Å². The molecule has 0 aliphatic heterocycles. The van der Waals surface area contributed by atoms with Crippen LogP contribution in [0.1, 0.15) is 5.56 Å². The van der Waals surface area contributed by atoms with Crippen LogP contribution in [0, 0.1) is 6.92 Å². The molecule has 0 bridgehead atoms. The number of anilines is 1. The third-order valence-corrected chi connectivity index (χ3v) is 2.72. The molecule has 0 aliphatic rings. The Balaban J connectivity index is 2.59. The Morgan fingerprint density at radius 3 is 2.92 bits per heavy atom. The lowest BCUT2D eigenvalue weighted by Crippen LogP contribution is -1.93. The van der Waals surface area contributed by atoms with Crippen LogP contribution < -0.4 is 5.73 Å². The number of nitrogens with two attached hydrogens (primary N) is 1. The molecule has 0 saturated carbocycles. The van der Waals surface area contributed by atoms with Crippen molar-refractivity contribution in [1.82, 2.24) is 9.97 Å². The molecule has 13 heavy (non-hydrogen) atoms. The number of hydrogen-bond donors (Lipinski definition) is 1. The first-order valence-electron chi connectivity index (χ1n) is 3.89. The van der Waals surface area contributed by atoms with E-state index in [1.54, 1.807) is 29.9 Å². The van der Waals surface area contributed by atoms with E-state index in [9.17, 15) is 0 Å². The fraction of sp³-hybridized carbons (Fsp3) is 0.111. The summed E-state index contributed by atoms with van der Waals surface area (Å²) in [4.78, 5) is 8.25. The largest absolute Gasteiger partial charge is 0.397 e. The van der Waals surface area contributed by atoms with Crippen LogP contribution >= 0.6 is 11.3 Å². The maximum Gasteiger partial charge on any atom is 0.125 e. The summed E-state index contributed by atoms with van der Waals surface area (Å²) in [5.41, 5.74) is 8.53. The van der Waals surface area contributed by atoms with E-state index in [0.717, 1.165) is 16.1 Å². The number of pyridine rings is 1. The van der Waals surface area contributed by atoms with Gasteiger partial charge in [-0.25, -0.2) is 4.98 Å². The van der Waals surface area contributed by atoms with E-state index in [1.165, 1.54) is 0 Å². The van der Waals surface area contributed by atoms with Crippen LogP contribution in [-0.4, -0.2) is 9.97 Å². The molecule has 0 radical (unpaired) electrons. The fourth-order valence-corrected chi connectivity index (χ4v) is 1.82. The normalized spacial score (nSPS) is 10.2. The smallest absolute Gasteiger partial charge is 0.125 e. The first-order chi connectivity index (χ1) is 6.29. The number of aromatic nitrogens is 2. The van der Waals surface area contributed by atoms with Crippen molar-refractivity contribution >= 4 is 17.0 Å². The van der Waals surface area contributed by atoms with Crippen molar-refractivity contribution in [2.45, 2.75) is 6.92 Å². The van der Waals surface area contributed by atoms with Crippen LogP contribution in [0.2, 0.25) is 0 Å². The number of nitrogen functional groups attached to an aromatic ring is 1. The highest BCUT2D eigenvalue weighted by molar-refractivity contribution is 7.13. The second kappa shape index (κ2) is 3.14. The molecule has 2 aromatic rings. The number of thiazole rings is 1. The first kappa shape index (κ1) is 8.19. The Morgan fingerprint density at radius 1 is 1.38 bits per heavy atom. The molecule has 2 aromatic heterocycles. The summed E-state index contributed by atoms with van der Waals surface area (Å²) in [7, 11) is 0. The second-order valence-electron chi connectivity index (χ2n) is 2.74. The van der Waals surface area contributed by atoms with Gasteiger partial charge in [0.1, 0.15) is 5.01 Å². The third kappa shape index (κ3) is 1.40. The quantitative estimate of drug-likeness (QED) is 0.751. The summed E-state index contributed by atoms with van der Waals surface area (Å²) in [5, 5.41) is 2.91. The Hall–Kier alpha value is -1.42. The molecular weight excluding hydrogens is 182 g/mol. The molecule has 0 saturated heterocycles. The average Bonchev–Trinajstić information content (AvgIpc) is 2.62. The Bertz CT molecular complexity index is 409. The van der Waals surface area contributed by atoms with Crippen LogP contribution in [0.4, 0.5) is 5.69 Å². The van der Waals surface area contributed by atoms with Gasteiger partial charge in [0.05, 0.1) is 11.9 Å². The van der Waals surface area contributed by atoms with Gasteiger partial charge in [0.15, 0.2) is 0 Å². The van der Waals surface area contributed by atoms with Gasteiger partial charge in [-0.05, 0) is 12.5 Å². The van der Waals surface area contributed by atoms with E-state index in [-0.39, 0.29) is 0 Å². The molecule has 0 aromatic carbocycles. The lowest BCUT2D eigenvalue weighted by molar-refractivity contribution is 1.28. The zero-order chi connectivity index (χ0) is 9.26. The summed E-state index contributed by atoms with van der Waals surface area (Å²) in [5.74, 6) is 0. The summed E-state index contributed by atoms with van der Waals surface area (Å²) in [6.45, 7) is 1.98. The van der Waals surface area contributed by atoms with Crippen molar-refractivity contribution in [2.75, 3.05) is 5.73 Å². The molecule has 2 N–H and O–H groups in total. The topological polar surface area (TPSA) is 51.8 Å². The van der Waals surface area contributed by atoms with Crippen LogP contribution in [0.5, 0.6) is 0 Å². The Kier molecular flexibility index (Phi) is 1.98. The molecule has 0 atom stereocenters. The SMILES string of the molecule is Cc1c(N)cncc1-c1nccs1. The van der Waals surface area contributed by atoms with Gasteiger partial charge in [0.2, 0.25) is 0 Å². The highest BCUT2D eigenvalue weighted by Gasteiger charge is 2.06. The van der Waals surface area contributed by atoms with Gasteiger partial charge in [0, 0.05) is 23.3 Å². The van der Waals surface area contributed by atoms with Gasteiger partial charge in [-0.3, -0.25) is 4.98 Å². The molecule has 0 amide bonds. The van der Waals surface area contributed by atoms with E-state index in [0.29, 0.717) is 5.69 Å². The standard InChI is InChI=1S/C9H9N3S/c1-6-7(4-11-5-8(6)10)9-12-2-3-13-9/h2-5H,10H2,1H3. The minimum atomic E-state index is 0.715. The van der Waals surface area contributed by atoms with E-state index in [2.05, 4.69) is 9.97 Å². The number of hydrogen-bond acceptors (Lipinski definition) is 4. The summed E-state index contributed by atoms with van der Waals surface area (Å²) < 4.78 is 0. The molecule has 2 heterocycles. The lowest BCUT2D eigenvalue weighted by Gasteiger charge is -2.03. The third-order valence-electron chi connectivity index (χ3n) is 1.92. The monoisotopic (exact) mass is 191 g/mol. The highest BCUT2D eigenvalue weighted by atomic mass is 32.1. The Labute approximate surface area is 80.3 Å². The summed E-state index contributed by atoms with van der Waals surface area (Å²) >= 11 is 1.59. The molecule has 0 unspecified atom stereocenters. The van der Waals surface area contributed by atoms with Crippen molar-refractivity contribution in [3.05, 3.63) is 29.5 Å². The highest BCUT2D eigenvalue weighted by Crippen LogP contribution is 2.26. The molecule has 0 aliphatic carbocycles. The van der Waals surface area contributed by atoms with Gasteiger partial charge < -0.3 is 5.73 Å². The molecule has 4 heteroatoms. The zero-order valence-electron chi connectivity index (χ0n) is 7.19. The van der Waals surface area contributed by atoms with Gasteiger partial charge in [-0.1, -0.05) is 0 Å². The van der Waals surface area contributed by atoms with Crippen molar-refractivity contribution < 1.29 is 0 Å². The molecule has 0 spiro atoms. The summed E-state index contributed by atoms with van der Waals surface area (Å²) in [6.07, 6.45) is 5.24. The maximum atomic E-state index is 5.74. The minimum absolute atomic E-state index is 0.715. The van der Waals surface area contributed by atoms with Crippen LogP contribution in [0.25, 0.3) is 10.6 Å². The molecular formula is C9H9N3S. The van der Waals surface area contributed by atoms with Crippen molar-refractivity contribution in [1.29, 1.82) is 0 Å². The molecule has 2 rings (SSSR count). The average molecular weight is 191 g/mol. The van der Waals surface area contributed by atoms with Gasteiger partial charge in [0.25, 0.3) is 0 Å². The van der Waals surface area contributed by atoms with Crippen LogP contribution in [0.3, 0.4) is 0 Å². The first-order valence-corrected chi connectivity index (χ1v) is 4.77. The molecule has 0 fully saturated rings. The number of rotatable bonds is 1. The lowest BCUT2D eigenvalue weighted by atomic mass is 10.1. The predicted molar refractivity (Wildman–Crippen MR) is 54.5 cm³/mol. The molecule has 66 valence electrons. The van der Waals surface area contributed by atoms with Gasteiger partial charge >= 0.3 is 0 Å². The summed E-state index contributed by atoms with van der Waals surface area (Å²) in [6, 6.07) is 0. The fourth-order valence-electron chi connectivity index (χ4n) is 1.11. The Morgan fingerprint density at radius 2 is 2.23 bits per heavy atom. The van der Waals surface area contributed by atoms with E-state index < -0.39 is 0 Å². The number of nitrogens with zero attached hydrogens (tertiary/aromatic N) is 2. The predicted octanol–water partition coefficient (Wildman–Crippen LogP) is 2.10. The maximum absolute atomic E-state index is 5.74. The van der Waals surface area contributed by atoms with Crippen molar-refractivity contribution in [3.63, 3.8) is 0 Å². The van der Waals surface area contributed by atoms with Crippen molar-refractivity contribution in [3.8, 4) is 10.6 Å². The van der Waals surface area contributed by atoms with Gasteiger partial charge in [-0.2, -0.15) is 0 Å². The van der Waals surface area contributed by atoms with Crippen LogP contribution in [-0.2, 0) is 0 Å². The van der Waals surface area contributed by atoms with E-state index in [4.69, 9.17) is 5.73 Å². The van der Waals surface area contributed by atoms with Gasteiger partial charge in [-0.15, -0.1) is 11.3 Å².